The molecule has 1 aliphatic rings. The summed E-state index contributed by atoms with van der Waals surface area (Å²) in [6, 6.07) is 2.09. The molecule has 1 aromatic rings. The Morgan fingerprint density at radius 3 is 2.76 bits per heavy atom. The van der Waals surface area contributed by atoms with E-state index in [1.165, 1.54) is 50.5 Å². The van der Waals surface area contributed by atoms with E-state index in [0.29, 0.717) is 5.41 Å². The largest absolute Gasteiger partial charge is 0.319 e. The van der Waals surface area contributed by atoms with Gasteiger partial charge in [-0.2, -0.15) is 0 Å². The second-order valence-electron chi connectivity index (χ2n) is 6.76. The zero-order valence-electron chi connectivity index (χ0n) is 13.5. The van der Waals surface area contributed by atoms with Gasteiger partial charge in [0, 0.05) is 18.9 Å². The van der Waals surface area contributed by atoms with E-state index in [2.05, 4.69) is 30.3 Å². The highest BCUT2D eigenvalue weighted by Crippen LogP contribution is 2.43. The maximum Gasteiger partial charge on any atom is 0.0621 e. The fourth-order valence-corrected chi connectivity index (χ4v) is 4.00. The van der Waals surface area contributed by atoms with Gasteiger partial charge in [0.05, 0.1) is 5.02 Å². The first kappa shape index (κ1) is 16.8. The SMILES string of the molecule is CCCCC1CCC(CNC)(Cc2ccncc2Cl)CC1. The molecule has 118 valence electrons. The summed E-state index contributed by atoms with van der Waals surface area (Å²) < 4.78 is 0. The number of hydrogen-bond donors (Lipinski definition) is 1. The number of aromatic nitrogens is 1. The molecule has 1 fully saturated rings. The Morgan fingerprint density at radius 2 is 2.14 bits per heavy atom. The smallest absolute Gasteiger partial charge is 0.0621 e. The zero-order chi connectivity index (χ0) is 15.1. The van der Waals surface area contributed by atoms with Crippen molar-refractivity contribution in [3.63, 3.8) is 0 Å². The van der Waals surface area contributed by atoms with Crippen LogP contribution in [0.3, 0.4) is 0 Å². The molecule has 0 amide bonds. The molecule has 0 aliphatic heterocycles. The fraction of sp³-hybridized carbons (Fsp3) is 0.722. The number of unbranched alkanes of at least 4 members (excludes halogenated alkanes) is 1. The third-order valence-corrected chi connectivity index (χ3v) is 5.45. The molecule has 0 saturated heterocycles. The molecule has 21 heavy (non-hydrogen) atoms. The Hall–Kier alpha value is -0.600. The van der Waals surface area contributed by atoms with Crippen LogP contribution in [0.1, 0.15) is 57.4 Å². The summed E-state index contributed by atoms with van der Waals surface area (Å²) >= 11 is 6.32. The summed E-state index contributed by atoms with van der Waals surface area (Å²) in [5.74, 6) is 0.947. The van der Waals surface area contributed by atoms with Crippen LogP contribution in [-0.2, 0) is 6.42 Å². The minimum Gasteiger partial charge on any atom is -0.319 e. The van der Waals surface area contributed by atoms with Gasteiger partial charge in [-0.05, 0) is 62.1 Å². The maximum atomic E-state index is 6.32. The topological polar surface area (TPSA) is 24.9 Å². The van der Waals surface area contributed by atoms with Crippen LogP contribution in [0.4, 0.5) is 0 Å². The monoisotopic (exact) mass is 308 g/mol. The molecular weight excluding hydrogens is 280 g/mol. The summed E-state index contributed by atoms with van der Waals surface area (Å²) in [5.41, 5.74) is 1.64. The van der Waals surface area contributed by atoms with E-state index in [1.54, 1.807) is 6.20 Å². The van der Waals surface area contributed by atoms with Crippen LogP contribution < -0.4 is 5.32 Å². The van der Waals surface area contributed by atoms with E-state index in [1.807, 2.05) is 6.20 Å². The highest BCUT2D eigenvalue weighted by molar-refractivity contribution is 6.31. The Labute approximate surface area is 134 Å². The van der Waals surface area contributed by atoms with Crippen molar-refractivity contribution in [2.45, 2.75) is 58.3 Å². The molecule has 1 aliphatic carbocycles. The molecule has 0 atom stereocenters. The van der Waals surface area contributed by atoms with Crippen molar-refractivity contribution in [2.75, 3.05) is 13.6 Å². The van der Waals surface area contributed by atoms with Gasteiger partial charge in [-0.25, -0.2) is 0 Å². The number of halogens is 1. The number of rotatable bonds is 7. The third-order valence-electron chi connectivity index (χ3n) is 5.11. The van der Waals surface area contributed by atoms with Crippen molar-refractivity contribution in [3.8, 4) is 0 Å². The number of hydrogen-bond acceptors (Lipinski definition) is 2. The van der Waals surface area contributed by atoms with Gasteiger partial charge in [0.1, 0.15) is 0 Å². The summed E-state index contributed by atoms with van der Waals surface area (Å²) in [7, 11) is 2.07. The van der Waals surface area contributed by atoms with Crippen LogP contribution in [0, 0.1) is 11.3 Å². The molecule has 1 aromatic heterocycles. The Morgan fingerprint density at radius 1 is 1.38 bits per heavy atom. The lowest BCUT2D eigenvalue weighted by Gasteiger charge is -2.41. The van der Waals surface area contributed by atoms with Crippen LogP contribution in [0.25, 0.3) is 0 Å². The van der Waals surface area contributed by atoms with Crippen molar-refractivity contribution >= 4 is 11.6 Å². The first-order valence-electron chi connectivity index (χ1n) is 8.42. The average Bonchev–Trinajstić information content (AvgIpc) is 2.50. The molecule has 0 aromatic carbocycles. The summed E-state index contributed by atoms with van der Waals surface area (Å²) in [5, 5.41) is 4.24. The lowest BCUT2D eigenvalue weighted by molar-refractivity contribution is 0.141. The second-order valence-corrected chi connectivity index (χ2v) is 7.17. The molecule has 1 N–H and O–H groups in total. The van der Waals surface area contributed by atoms with Gasteiger partial charge < -0.3 is 5.32 Å². The van der Waals surface area contributed by atoms with Crippen LogP contribution >= 0.6 is 11.6 Å². The van der Waals surface area contributed by atoms with Crippen molar-refractivity contribution in [3.05, 3.63) is 29.0 Å². The van der Waals surface area contributed by atoms with Gasteiger partial charge in [-0.15, -0.1) is 0 Å². The van der Waals surface area contributed by atoms with E-state index in [4.69, 9.17) is 11.6 Å². The van der Waals surface area contributed by atoms with E-state index in [9.17, 15) is 0 Å². The molecular formula is C18H29ClN2. The predicted octanol–water partition coefficient (Wildman–Crippen LogP) is 4.86. The fourth-order valence-electron chi connectivity index (χ4n) is 3.81. The first-order valence-corrected chi connectivity index (χ1v) is 8.80. The highest BCUT2D eigenvalue weighted by Gasteiger charge is 2.35. The molecule has 0 spiro atoms. The van der Waals surface area contributed by atoms with Gasteiger partial charge in [0.25, 0.3) is 0 Å². The highest BCUT2D eigenvalue weighted by atomic mass is 35.5. The van der Waals surface area contributed by atoms with Gasteiger partial charge >= 0.3 is 0 Å². The minimum absolute atomic E-state index is 0.377. The second kappa shape index (κ2) is 8.14. The first-order chi connectivity index (χ1) is 10.2. The molecule has 3 heteroatoms. The molecule has 0 unspecified atom stereocenters. The van der Waals surface area contributed by atoms with Gasteiger partial charge in [0.15, 0.2) is 0 Å². The predicted molar refractivity (Wildman–Crippen MR) is 90.8 cm³/mol. The molecule has 0 bridgehead atoms. The van der Waals surface area contributed by atoms with Crippen LogP contribution in [-0.4, -0.2) is 18.6 Å². The molecule has 2 nitrogen and oxygen atoms in total. The van der Waals surface area contributed by atoms with Gasteiger partial charge in [-0.1, -0.05) is 37.8 Å². The zero-order valence-corrected chi connectivity index (χ0v) is 14.3. The van der Waals surface area contributed by atoms with E-state index >= 15 is 0 Å². The lowest BCUT2D eigenvalue weighted by Crippen LogP contribution is -2.38. The normalized spacial score (nSPS) is 26.0. The summed E-state index contributed by atoms with van der Waals surface area (Å²) in [6.45, 7) is 3.38. The number of nitrogens with one attached hydrogen (secondary N) is 1. The van der Waals surface area contributed by atoms with Crippen molar-refractivity contribution in [1.29, 1.82) is 0 Å². The van der Waals surface area contributed by atoms with Crippen molar-refractivity contribution in [1.82, 2.24) is 10.3 Å². The molecule has 1 heterocycles. The van der Waals surface area contributed by atoms with E-state index in [-0.39, 0.29) is 0 Å². The summed E-state index contributed by atoms with van der Waals surface area (Å²) in [4.78, 5) is 4.10. The van der Waals surface area contributed by atoms with Crippen LogP contribution in [0.5, 0.6) is 0 Å². The molecule has 0 radical (unpaired) electrons. The Kier molecular flexibility index (Phi) is 6.50. The summed E-state index contributed by atoms with van der Waals surface area (Å²) in [6.07, 6.45) is 14.2. The lowest BCUT2D eigenvalue weighted by atomic mass is 9.66. The standard InChI is InChI=1S/C18H29ClN2/c1-3-4-5-15-6-9-18(10-7-15,14-20-2)12-16-8-11-21-13-17(16)19/h8,11,13,15,20H,3-7,9-10,12,14H2,1-2H3. The number of pyridine rings is 1. The minimum atomic E-state index is 0.377. The quantitative estimate of drug-likeness (QED) is 0.777. The van der Waals surface area contributed by atoms with Gasteiger partial charge in [0.2, 0.25) is 0 Å². The van der Waals surface area contributed by atoms with E-state index < -0.39 is 0 Å². The molecule has 1 saturated carbocycles. The van der Waals surface area contributed by atoms with E-state index in [0.717, 1.165) is 23.9 Å². The average molecular weight is 309 g/mol. The number of nitrogens with zero attached hydrogens (tertiary/aromatic N) is 1. The van der Waals surface area contributed by atoms with Crippen LogP contribution in [0.2, 0.25) is 5.02 Å². The Balaban J connectivity index is 2.00. The Bertz CT molecular complexity index is 425. The molecule has 2 rings (SSSR count). The van der Waals surface area contributed by atoms with Gasteiger partial charge in [-0.3, -0.25) is 4.98 Å². The van der Waals surface area contributed by atoms with Crippen molar-refractivity contribution < 1.29 is 0 Å². The maximum absolute atomic E-state index is 6.32. The third kappa shape index (κ3) is 4.69. The van der Waals surface area contributed by atoms with Crippen LogP contribution in [0.15, 0.2) is 18.5 Å². The van der Waals surface area contributed by atoms with Crippen molar-refractivity contribution in [2.24, 2.45) is 11.3 Å².